The number of carbonyl (C=O) groups excluding carboxylic acids is 3. The summed E-state index contributed by atoms with van der Waals surface area (Å²) in [5.74, 6) is -1.27. The topological polar surface area (TPSA) is 91.0 Å². The molecule has 3 amide bonds. The largest absolute Gasteiger partial charge is 0.381 e. The van der Waals surface area contributed by atoms with Gasteiger partial charge in [0.2, 0.25) is 11.8 Å². The lowest BCUT2D eigenvalue weighted by atomic mass is 10.0. The summed E-state index contributed by atoms with van der Waals surface area (Å²) in [5, 5.41) is 5.60. The number of hydrogen-bond acceptors (Lipinski definition) is 6. The van der Waals surface area contributed by atoms with Crippen LogP contribution in [0.2, 0.25) is 0 Å². The molecule has 0 bridgehead atoms. The minimum Gasteiger partial charge on any atom is -0.381 e. The normalized spacial score (nSPS) is 20.9. The lowest BCUT2D eigenvalue weighted by Crippen LogP contribution is -2.52. The number of hydrogen-bond donors (Lipinski definition) is 2. The number of nitrogens with zero attached hydrogens (tertiary/aromatic N) is 2. The summed E-state index contributed by atoms with van der Waals surface area (Å²) < 4.78 is 20.0. The van der Waals surface area contributed by atoms with Crippen LogP contribution >= 0.6 is 0 Å². The number of morpholine rings is 1. The van der Waals surface area contributed by atoms with Gasteiger partial charge in [-0.05, 0) is 36.2 Å². The Morgan fingerprint density at radius 1 is 1.12 bits per heavy atom. The SMILES string of the molecule is O=C1CC[C@H](N2Cc3c(NCc4cc(CN5CCOCC5)ccc4F)cccc3C2=O)C(=O)N1. The van der Waals surface area contributed by atoms with Gasteiger partial charge in [0.25, 0.3) is 5.91 Å². The molecule has 9 heteroatoms. The first kappa shape index (κ1) is 22.5. The fraction of sp³-hybridized carbons (Fsp3) is 0.400. The molecule has 3 aliphatic heterocycles. The minimum atomic E-state index is -0.667. The van der Waals surface area contributed by atoms with Crippen LogP contribution in [0, 0.1) is 5.82 Å². The summed E-state index contributed by atoms with van der Waals surface area (Å²) >= 11 is 0. The van der Waals surface area contributed by atoms with Gasteiger partial charge in [0.05, 0.1) is 13.2 Å². The Bertz CT molecular complexity index is 1130. The third kappa shape index (κ3) is 4.53. The molecule has 3 heterocycles. The fourth-order valence-corrected chi connectivity index (χ4v) is 4.82. The van der Waals surface area contributed by atoms with E-state index in [0.29, 0.717) is 30.8 Å². The molecule has 0 unspecified atom stereocenters. The molecule has 34 heavy (non-hydrogen) atoms. The van der Waals surface area contributed by atoms with E-state index in [2.05, 4.69) is 15.5 Å². The quantitative estimate of drug-likeness (QED) is 0.634. The van der Waals surface area contributed by atoms with Gasteiger partial charge in [-0.2, -0.15) is 0 Å². The molecule has 0 radical (unpaired) electrons. The number of ether oxygens (including phenoxy) is 1. The van der Waals surface area contributed by atoms with Crippen LogP contribution in [0.15, 0.2) is 36.4 Å². The molecule has 178 valence electrons. The zero-order valence-electron chi connectivity index (χ0n) is 18.8. The van der Waals surface area contributed by atoms with Crippen LogP contribution in [0.1, 0.15) is 39.9 Å². The van der Waals surface area contributed by atoms with Crippen molar-refractivity contribution >= 4 is 23.4 Å². The summed E-state index contributed by atoms with van der Waals surface area (Å²) in [4.78, 5) is 40.6. The first-order valence-corrected chi connectivity index (χ1v) is 11.6. The van der Waals surface area contributed by atoms with Crippen molar-refractivity contribution in [2.24, 2.45) is 0 Å². The monoisotopic (exact) mass is 466 g/mol. The maximum absolute atomic E-state index is 14.6. The summed E-state index contributed by atoms with van der Waals surface area (Å²) in [6, 6.07) is 9.88. The van der Waals surface area contributed by atoms with Crippen LogP contribution in [-0.2, 0) is 34.0 Å². The van der Waals surface area contributed by atoms with E-state index in [1.54, 1.807) is 12.1 Å². The van der Waals surface area contributed by atoms with Crippen molar-refractivity contribution in [1.82, 2.24) is 15.1 Å². The maximum Gasteiger partial charge on any atom is 0.255 e. The van der Waals surface area contributed by atoms with Gasteiger partial charge in [0.15, 0.2) is 0 Å². The second-order valence-electron chi connectivity index (χ2n) is 8.90. The Hall–Kier alpha value is -3.30. The van der Waals surface area contributed by atoms with Crippen LogP contribution in [0.25, 0.3) is 0 Å². The average Bonchev–Trinajstić information content (AvgIpc) is 3.17. The molecule has 2 aromatic carbocycles. The Labute approximate surface area is 197 Å². The van der Waals surface area contributed by atoms with Crippen molar-refractivity contribution in [2.45, 2.75) is 38.5 Å². The molecule has 5 rings (SSSR count). The molecule has 8 nitrogen and oxygen atoms in total. The number of nitrogens with one attached hydrogen (secondary N) is 2. The predicted octanol–water partition coefficient (Wildman–Crippen LogP) is 2.03. The lowest BCUT2D eigenvalue weighted by Gasteiger charge is -2.29. The van der Waals surface area contributed by atoms with Crippen molar-refractivity contribution < 1.29 is 23.5 Å². The molecule has 0 aliphatic carbocycles. The van der Waals surface area contributed by atoms with Crippen LogP contribution in [-0.4, -0.2) is 59.9 Å². The van der Waals surface area contributed by atoms with E-state index in [9.17, 15) is 18.8 Å². The van der Waals surface area contributed by atoms with Crippen LogP contribution in [0.5, 0.6) is 0 Å². The molecule has 2 fully saturated rings. The van der Waals surface area contributed by atoms with Gasteiger partial charge in [-0.1, -0.05) is 12.1 Å². The van der Waals surface area contributed by atoms with Crippen molar-refractivity contribution in [3.05, 3.63) is 64.5 Å². The fourth-order valence-electron chi connectivity index (χ4n) is 4.82. The van der Waals surface area contributed by atoms with Gasteiger partial charge in [0.1, 0.15) is 11.9 Å². The molecule has 2 saturated heterocycles. The van der Waals surface area contributed by atoms with E-state index in [4.69, 9.17) is 4.74 Å². The molecule has 2 aromatic rings. The van der Waals surface area contributed by atoms with Crippen molar-refractivity contribution in [2.75, 3.05) is 31.6 Å². The molecular weight excluding hydrogens is 439 g/mol. The first-order valence-electron chi connectivity index (χ1n) is 11.6. The number of rotatable bonds is 6. The second kappa shape index (κ2) is 9.52. The number of amides is 3. The highest BCUT2D eigenvalue weighted by molar-refractivity contribution is 6.06. The van der Waals surface area contributed by atoms with E-state index in [-0.39, 0.29) is 37.1 Å². The van der Waals surface area contributed by atoms with Gasteiger partial charge < -0.3 is 15.0 Å². The van der Waals surface area contributed by atoms with Crippen molar-refractivity contribution in [3.63, 3.8) is 0 Å². The number of benzene rings is 2. The number of piperidine rings is 1. The van der Waals surface area contributed by atoms with Crippen LogP contribution < -0.4 is 10.6 Å². The Balaban J connectivity index is 1.29. The van der Waals surface area contributed by atoms with Gasteiger partial charge >= 0.3 is 0 Å². The zero-order valence-corrected chi connectivity index (χ0v) is 18.8. The van der Waals surface area contributed by atoms with E-state index in [1.165, 1.54) is 11.0 Å². The van der Waals surface area contributed by atoms with Crippen molar-refractivity contribution in [1.29, 1.82) is 0 Å². The van der Waals surface area contributed by atoms with E-state index < -0.39 is 11.9 Å². The third-order valence-electron chi connectivity index (χ3n) is 6.67. The Kier molecular flexibility index (Phi) is 6.30. The smallest absolute Gasteiger partial charge is 0.255 e. The molecule has 1 atom stereocenters. The zero-order chi connectivity index (χ0) is 23.7. The van der Waals surface area contributed by atoms with Gasteiger partial charge in [-0.15, -0.1) is 0 Å². The molecule has 2 N–H and O–H groups in total. The molecule has 0 aromatic heterocycles. The second-order valence-corrected chi connectivity index (χ2v) is 8.90. The highest BCUT2D eigenvalue weighted by atomic mass is 19.1. The predicted molar refractivity (Wildman–Crippen MR) is 122 cm³/mol. The molecule has 3 aliphatic rings. The highest BCUT2D eigenvalue weighted by Crippen LogP contribution is 2.32. The number of imide groups is 1. The summed E-state index contributed by atoms with van der Waals surface area (Å²) in [5.41, 5.74) is 3.63. The van der Waals surface area contributed by atoms with Crippen LogP contribution in [0.3, 0.4) is 0 Å². The summed E-state index contributed by atoms with van der Waals surface area (Å²) in [6.45, 7) is 4.42. The maximum atomic E-state index is 14.6. The van der Waals surface area contributed by atoms with E-state index >= 15 is 0 Å². The highest BCUT2D eigenvalue weighted by Gasteiger charge is 2.39. The Morgan fingerprint density at radius 2 is 1.94 bits per heavy atom. The van der Waals surface area contributed by atoms with Gasteiger partial charge in [0, 0.05) is 61.5 Å². The van der Waals surface area contributed by atoms with Crippen LogP contribution in [0.4, 0.5) is 10.1 Å². The first-order chi connectivity index (χ1) is 16.5. The summed E-state index contributed by atoms with van der Waals surface area (Å²) in [7, 11) is 0. The van der Waals surface area contributed by atoms with Gasteiger partial charge in [-0.3, -0.25) is 24.6 Å². The number of halogens is 1. The molecular formula is C25H27FN4O4. The molecule has 0 saturated carbocycles. The molecule has 0 spiro atoms. The van der Waals surface area contributed by atoms with Crippen molar-refractivity contribution in [3.8, 4) is 0 Å². The lowest BCUT2D eigenvalue weighted by molar-refractivity contribution is -0.136. The standard InChI is InChI=1S/C25H27FN4O4/c26-20-5-4-16(14-29-8-10-34-11-9-29)12-17(20)13-27-21-3-1-2-18-19(21)15-30(25(18)33)22-6-7-23(31)28-24(22)32/h1-5,12,22,27H,6-11,13-15H2,(H,28,31,32)/t22-/m0/s1. The average molecular weight is 467 g/mol. The Morgan fingerprint density at radius 3 is 2.74 bits per heavy atom. The number of anilines is 1. The minimum absolute atomic E-state index is 0.210. The summed E-state index contributed by atoms with van der Waals surface area (Å²) in [6.07, 6.45) is 0.524. The third-order valence-corrected chi connectivity index (χ3v) is 6.67. The number of fused-ring (bicyclic) bond motifs is 1. The number of carbonyl (C=O) groups is 3. The van der Waals surface area contributed by atoms with E-state index in [1.807, 2.05) is 18.2 Å². The van der Waals surface area contributed by atoms with E-state index in [0.717, 1.165) is 36.4 Å². The van der Waals surface area contributed by atoms with Gasteiger partial charge in [-0.25, -0.2) is 4.39 Å².